The number of fused-ring (bicyclic) bond motifs is 1. The lowest BCUT2D eigenvalue weighted by molar-refractivity contribution is 0.0942. The molecule has 0 spiro atoms. The second-order valence-corrected chi connectivity index (χ2v) is 6.35. The Labute approximate surface area is 164 Å². The van der Waals surface area contributed by atoms with Crippen molar-refractivity contribution in [3.05, 3.63) is 65.1 Å². The van der Waals surface area contributed by atoms with Gasteiger partial charge in [0.15, 0.2) is 0 Å². The number of halogens is 2. The molecule has 0 saturated carbocycles. The maximum absolute atomic E-state index is 13.2. The highest BCUT2D eigenvalue weighted by Crippen LogP contribution is 2.20. The molecule has 0 aliphatic heterocycles. The summed E-state index contributed by atoms with van der Waals surface area (Å²) in [6.07, 6.45) is 2.86. The molecule has 8 nitrogen and oxygen atoms in total. The summed E-state index contributed by atoms with van der Waals surface area (Å²) < 4.78 is 16.3. The molecule has 10 heteroatoms. The SMILES string of the molecule is CCn1ncc(Cl)c1CNC(=O)c1cc(-c2ccc(F)cc2)nc2ncnn12. The van der Waals surface area contributed by atoms with Gasteiger partial charge in [0, 0.05) is 12.1 Å². The highest BCUT2D eigenvalue weighted by molar-refractivity contribution is 6.31. The van der Waals surface area contributed by atoms with Gasteiger partial charge < -0.3 is 5.32 Å². The maximum atomic E-state index is 13.2. The monoisotopic (exact) mass is 399 g/mol. The van der Waals surface area contributed by atoms with Gasteiger partial charge in [-0.15, -0.1) is 0 Å². The molecule has 3 heterocycles. The lowest BCUT2D eigenvalue weighted by Crippen LogP contribution is -2.27. The summed E-state index contributed by atoms with van der Waals surface area (Å²) >= 11 is 6.15. The second-order valence-electron chi connectivity index (χ2n) is 5.94. The number of benzene rings is 1. The first-order valence-electron chi connectivity index (χ1n) is 8.52. The van der Waals surface area contributed by atoms with Crippen molar-refractivity contribution in [2.24, 2.45) is 0 Å². The van der Waals surface area contributed by atoms with Gasteiger partial charge >= 0.3 is 0 Å². The van der Waals surface area contributed by atoms with Gasteiger partial charge in [-0.25, -0.2) is 9.37 Å². The average Bonchev–Trinajstić information content (AvgIpc) is 3.32. The third-order valence-electron chi connectivity index (χ3n) is 4.24. The normalized spacial score (nSPS) is 11.1. The molecule has 0 aliphatic carbocycles. The summed E-state index contributed by atoms with van der Waals surface area (Å²) in [4.78, 5) is 21.3. The van der Waals surface area contributed by atoms with Gasteiger partial charge in [0.1, 0.15) is 17.8 Å². The Morgan fingerprint density at radius 3 is 2.79 bits per heavy atom. The number of hydrogen-bond donors (Lipinski definition) is 1. The smallest absolute Gasteiger partial charge is 0.270 e. The second kappa shape index (κ2) is 7.35. The molecule has 0 bridgehead atoms. The molecule has 0 aliphatic rings. The molecule has 0 saturated heterocycles. The topological polar surface area (TPSA) is 90.0 Å². The molecule has 1 N–H and O–H groups in total. The molecule has 1 aromatic carbocycles. The minimum absolute atomic E-state index is 0.204. The number of amides is 1. The Kier molecular flexibility index (Phi) is 4.74. The molecule has 142 valence electrons. The van der Waals surface area contributed by atoms with E-state index in [1.165, 1.54) is 23.0 Å². The number of nitrogens with one attached hydrogen (secondary N) is 1. The molecule has 28 heavy (non-hydrogen) atoms. The predicted molar refractivity (Wildman–Crippen MR) is 100 cm³/mol. The number of hydrogen-bond acceptors (Lipinski definition) is 5. The van der Waals surface area contributed by atoms with Crippen LogP contribution in [0.4, 0.5) is 4.39 Å². The first-order valence-corrected chi connectivity index (χ1v) is 8.89. The van der Waals surface area contributed by atoms with E-state index in [0.29, 0.717) is 28.5 Å². The van der Waals surface area contributed by atoms with Crippen LogP contribution in [-0.4, -0.2) is 35.3 Å². The van der Waals surface area contributed by atoms with Gasteiger partial charge in [-0.05, 0) is 37.3 Å². The number of carbonyl (C=O) groups is 1. The van der Waals surface area contributed by atoms with E-state index < -0.39 is 0 Å². The third kappa shape index (κ3) is 3.31. The fourth-order valence-corrected chi connectivity index (χ4v) is 3.04. The summed E-state index contributed by atoms with van der Waals surface area (Å²) in [5.41, 5.74) is 2.11. The van der Waals surface area contributed by atoms with Crippen LogP contribution in [0.25, 0.3) is 17.0 Å². The van der Waals surface area contributed by atoms with E-state index in [9.17, 15) is 9.18 Å². The van der Waals surface area contributed by atoms with E-state index in [4.69, 9.17) is 11.6 Å². The van der Waals surface area contributed by atoms with Crippen molar-refractivity contribution in [2.75, 3.05) is 0 Å². The summed E-state index contributed by atoms with van der Waals surface area (Å²) in [7, 11) is 0. The fraction of sp³-hybridized carbons (Fsp3) is 0.167. The van der Waals surface area contributed by atoms with E-state index in [0.717, 1.165) is 0 Å². The number of rotatable bonds is 5. The van der Waals surface area contributed by atoms with Crippen LogP contribution >= 0.6 is 11.6 Å². The molecule has 1 amide bonds. The van der Waals surface area contributed by atoms with Gasteiger partial charge in [0.2, 0.25) is 0 Å². The summed E-state index contributed by atoms with van der Waals surface area (Å²) in [5.74, 6) is -0.459. The molecular formula is C18H15ClFN7O. The highest BCUT2D eigenvalue weighted by atomic mass is 35.5. The van der Waals surface area contributed by atoms with Crippen molar-refractivity contribution in [3.63, 3.8) is 0 Å². The highest BCUT2D eigenvalue weighted by Gasteiger charge is 2.17. The molecule has 0 radical (unpaired) electrons. The van der Waals surface area contributed by atoms with Crippen molar-refractivity contribution in [2.45, 2.75) is 20.0 Å². The van der Waals surface area contributed by atoms with E-state index in [-0.39, 0.29) is 29.7 Å². The zero-order valence-corrected chi connectivity index (χ0v) is 15.6. The van der Waals surface area contributed by atoms with Crippen molar-refractivity contribution >= 4 is 23.3 Å². The predicted octanol–water partition coefficient (Wildman–Crippen LogP) is 2.73. The Morgan fingerprint density at radius 1 is 1.25 bits per heavy atom. The minimum Gasteiger partial charge on any atom is -0.345 e. The van der Waals surface area contributed by atoms with E-state index >= 15 is 0 Å². The fourth-order valence-electron chi connectivity index (χ4n) is 2.83. The zero-order chi connectivity index (χ0) is 19.7. The average molecular weight is 400 g/mol. The van der Waals surface area contributed by atoms with Crippen LogP contribution < -0.4 is 5.32 Å². The quantitative estimate of drug-likeness (QED) is 0.557. The first kappa shape index (κ1) is 18.1. The zero-order valence-electron chi connectivity index (χ0n) is 14.8. The largest absolute Gasteiger partial charge is 0.345 e. The molecule has 0 atom stereocenters. The van der Waals surface area contributed by atoms with Gasteiger partial charge in [-0.1, -0.05) is 11.6 Å². The standard InChI is InChI=1S/C18H15ClFN7O/c1-2-26-16(13(19)8-23-26)9-21-17(28)15-7-14(11-3-5-12(20)6-4-11)25-18-22-10-24-27(15)18/h3-8,10H,2,9H2,1H3,(H,21,28). The molecule has 0 fully saturated rings. The molecule has 0 unspecified atom stereocenters. The van der Waals surface area contributed by atoms with Crippen LogP contribution in [-0.2, 0) is 13.1 Å². The summed E-state index contributed by atoms with van der Waals surface area (Å²) in [5, 5.41) is 11.5. The molecule has 4 aromatic rings. The number of aryl methyl sites for hydroxylation is 1. The third-order valence-corrected chi connectivity index (χ3v) is 4.55. The van der Waals surface area contributed by atoms with E-state index in [1.54, 1.807) is 29.1 Å². The van der Waals surface area contributed by atoms with Crippen molar-refractivity contribution in [3.8, 4) is 11.3 Å². The van der Waals surface area contributed by atoms with Crippen LogP contribution in [0.2, 0.25) is 5.02 Å². The summed E-state index contributed by atoms with van der Waals surface area (Å²) in [6, 6.07) is 7.43. The Bertz CT molecular complexity index is 1150. The van der Waals surface area contributed by atoms with Crippen LogP contribution in [0.5, 0.6) is 0 Å². The van der Waals surface area contributed by atoms with Gasteiger partial charge in [0.05, 0.1) is 29.2 Å². The Balaban J connectivity index is 1.67. The van der Waals surface area contributed by atoms with Gasteiger partial charge in [-0.2, -0.15) is 19.7 Å². The Morgan fingerprint density at radius 2 is 2.04 bits per heavy atom. The lowest BCUT2D eigenvalue weighted by atomic mass is 10.1. The Hall–Kier alpha value is -3.33. The maximum Gasteiger partial charge on any atom is 0.270 e. The number of carbonyl (C=O) groups excluding carboxylic acids is 1. The molecular weight excluding hydrogens is 385 g/mol. The van der Waals surface area contributed by atoms with Crippen molar-refractivity contribution < 1.29 is 9.18 Å². The van der Waals surface area contributed by atoms with Gasteiger partial charge in [0.25, 0.3) is 11.7 Å². The summed E-state index contributed by atoms with van der Waals surface area (Å²) in [6.45, 7) is 2.77. The molecule has 4 rings (SSSR count). The van der Waals surface area contributed by atoms with Crippen LogP contribution in [0.3, 0.4) is 0 Å². The van der Waals surface area contributed by atoms with Crippen molar-refractivity contribution in [1.29, 1.82) is 0 Å². The van der Waals surface area contributed by atoms with Crippen molar-refractivity contribution in [1.82, 2.24) is 34.7 Å². The molecule has 3 aromatic heterocycles. The number of aromatic nitrogens is 6. The minimum atomic E-state index is -0.374. The first-order chi connectivity index (χ1) is 13.6. The van der Waals surface area contributed by atoms with Crippen LogP contribution in [0, 0.1) is 5.82 Å². The van der Waals surface area contributed by atoms with Crippen LogP contribution in [0.15, 0.2) is 42.9 Å². The van der Waals surface area contributed by atoms with E-state index in [1.807, 2.05) is 6.92 Å². The van der Waals surface area contributed by atoms with E-state index in [2.05, 4.69) is 25.5 Å². The lowest BCUT2D eigenvalue weighted by Gasteiger charge is -2.10. The number of nitrogens with zero attached hydrogens (tertiary/aromatic N) is 6. The van der Waals surface area contributed by atoms with Gasteiger partial charge in [-0.3, -0.25) is 9.48 Å². The van der Waals surface area contributed by atoms with Crippen LogP contribution in [0.1, 0.15) is 23.1 Å².